The number of benzene rings is 1. The van der Waals surface area contributed by atoms with Crippen LogP contribution in [0.2, 0.25) is 0 Å². The van der Waals surface area contributed by atoms with Crippen molar-refractivity contribution in [1.82, 2.24) is 14.9 Å². The Bertz CT molecular complexity index is 1010. The SMILES string of the molecule is Cn1c(SCC(=O)NCC2(c3ccccc3)CC2)nc2ccsc2c1=O. The van der Waals surface area contributed by atoms with Crippen LogP contribution in [0, 0.1) is 0 Å². The average molecular weight is 386 g/mol. The number of amides is 1. The fourth-order valence-electron chi connectivity index (χ4n) is 3.06. The molecular formula is C19H19N3O2S2. The number of carbonyl (C=O) groups is 1. The average Bonchev–Trinajstić information content (AvgIpc) is 3.32. The smallest absolute Gasteiger partial charge is 0.271 e. The van der Waals surface area contributed by atoms with E-state index in [4.69, 9.17) is 0 Å². The zero-order valence-corrected chi connectivity index (χ0v) is 16.0. The molecule has 0 radical (unpaired) electrons. The zero-order chi connectivity index (χ0) is 18.1. The summed E-state index contributed by atoms with van der Waals surface area (Å²) in [4.78, 5) is 29.1. The third kappa shape index (κ3) is 3.29. The largest absolute Gasteiger partial charge is 0.354 e. The summed E-state index contributed by atoms with van der Waals surface area (Å²) in [6, 6.07) is 12.2. The van der Waals surface area contributed by atoms with Gasteiger partial charge in [-0.3, -0.25) is 14.2 Å². The van der Waals surface area contributed by atoms with E-state index in [1.807, 2.05) is 29.6 Å². The number of carbonyl (C=O) groups excluding carboxylic acids is 1. The highest BCUT2D eigenvalue weighted by molar-refractivity contribution is 7.99. The standard InChI is InChI=1S/C19H19N3O2S2/c1-22-17(24)16-14(7-10-25-16)21-18(22)26-11-15(23)20-12-19(8-9-19)13-5-3-2-4-6-13/h2-7,10H,8-9,11-12H2,1H3,(H,20,23). The molecule has 7 heteroatoms. The van der Waals surface area contributed by atoms with Gasteiger partial charge in [0.15, 0.2) is 5.16 Å². The second kappa shape index (κ2) is 6.89. The Hall–Kier alpha value is -2.12. The molecule has 2 aromatic heterocycles. The van der Waals surface area contributed by atoms with E-state index in [1.54, 1.807) is 7.05 Å². The van der Waals surface area contributed by atoms with Gasteiger partial charge in [0.1, 0.15) is 4.70 Å². The van der Waals surface area contributed by atoms with Crippen molar-refractivity contribution < 1.29 is 4.79 Å². The summed E-state index contributed by atoms with van der Waals surface area (Å²) in [5.41, 5.74) is 2.03. The van der Waals surface area contributed by atoms with Crippen molar-refractivity contribution >= 4 is 39.2 Å². The van der Waals surface area contributed by atoms with E-state index in [1.165, 1.54) is 33.2 Å². The van der Waals surface area contributed by atoms with Crippen molar-refractivity contribution in [3.05, 3.63) is 57.7 Å². The summed E-state index contributed by atoms with van der Waals surface area (Å²) >= 11 is 2.69. The summed E-state index contributed by atoms with van der Waals surface area (Å²) in [6.45, 7) is 0.659. The Balaban J connectivity index is 1.38. The topological polar surface area (TPSA) is 64.0 Å². The molecule has 26 heavy (non-hydrogen) atoms. The number of thiophene rings is 1. The van der Waals surface area contributed by atoms with Crippen LogP contribution in [0.4, 0.5) is 0 Å². The number of fused-ring (bicyclic) bond motifs is 1. The van der Waals surface area contributed by atoms with Crippen molar-refractivity contribution in [2.75, 3.05) is 12.3 Å². The van der Waals surface area contributed by atoms with Gasteiger partial charge in [-0.15, -0.1) is 11.3 Å². The van der Waals surface area contributed by atoms with E-state index in [9.17, 15) is 9.59 Å². The van der Waals surface area contributed by atoms with Gasteiger partial charge < -0.3 is 5.32 Å². The molecule has 0 bridgehead atoms. The van der Waals surface area contributed by atoms with Gasteiger partial charge in [-0.05, 0) is 29.9 Å². The molecule has 0 saturated heterocycles. The molecule has 5 nitrogen and oxygen atoms in total. The van der Waals surface area contributed by atoms with Crippen LogP contribution in [-0.2, 0) is 17.3 Å². The Kier molecular flexibility index (Phi) is 4.58. The lowest BCUT2D eigenvalue weighted by atomic mass is 9.96. The Morgan fingerprint density at radius 3 is 2.81 bits per heavy atom. The summed E-state index contributed by atoms with van der Waals surface area (Å²) in [7, 11) is 1.70. The van der Waals surface area contributed by atoms with Gasteiger partial charge in [-0.2, -0.15) is 0 Å². The van der Waals surface area contributed by atoms with Crippen molar-refractivity contribution in [1.29, 1.82) is 0 Å². The highest BCUT2D eigenvalue weighted by Gasteiger charge is 2.44. The molecule has 4 rings (SSSR count). The fourth-order valence-corrected chi connectivity index (χ4v) is 4.66. The maximum Gasteiger partial charge on any atom is 0.271 e. The van der Waals surface area contributed by atoms with Crippen LogP contribution in [0.3, 0.4) is 0 Å². The highest BCUT2D eigenvalue weighted by Crippen LogP contribution is 2.47. The van der Waals surface area contributed by atoms with Gasteiger partial charge in [-0.1, -0.05) is 42.1 Å². The van der Waals surface area contributed by atoms with Gasteiger partial charge in [0.25, 0.3) is 5.56 Å². The molecular weight excluding hydrogens is 366 g/mol. The van der Waals surface area contributed by atoms with Crippen LogP contribution < -0.4 is 10.9 Å². The zero-order valence-electron chi connectivity index (χ0n) is 14.4. The first kappa shape index (κ1) is 17.3. The van der Waals surface area contributed by atoms with Crippen LogP contribution in [0.5, 0.6) is 0 Å². The van der Waals surface area contributed by atoms with Crippen molar-refractivity contribution in [2.24, 2.45) is 7.05 Å². The molecule has 1 saturated carbocycles. The summed E-state index contributed by atoms with van der Waals surface area (Å²) in [5, 5.41) is 5.48. The minimum absolute atomic E-state index is 0.0307. The predicted molar refractivity (Wildman–Crippen MR) is 106 cm³/mol. The van der Waals surface area contributed by atoms with E-state index in [2.05, 4.69) is 22.4 Å². The van der Waals surface area contributed by atoms with Gasteiger partial charge in [0.05, 0.1) is 11.3 Å². The lowest BCUT2D eigenvalue weighted by molar-refractivity contribution is -0.118. The number of hydrogen-bond donors (Lipinski definition) is 1. The first-order valence-electron chi connectivity index (χ1n) is 8.48. The van der Waals surface area contributed by atoms with Crippen molar-refractivity contribution in [3.8, 4) is 0 Å². The maximum absolute atomic E-state index is 12.3. The number of nitrogens with zero attached hydrogens (tertiary/aromatic N) is 2. The monoisotopic (exact) mass is 385 g/mol. The molecule has 3 aromatic rings. The molecule has 1 aliphatic carbocycles. The van der Waals surface area contributed by atoms with E-state index in [0.29, 0.717) is 21.9 Å². The van der Waals surface area contributed by atoms with Gasteiger partial charge >= 0.3 is 0 Å². The summed E-state index contributed by atoms with van der Waals surface area (Å²) in [6.07, 6.45) is 2.21. The van der Waals surface area contributed by atoms with E-state index >= 15 is 0 Å². The number of thioether (sulfide) groups is 1. The fraction of sp³-hybridized carbons (Fsp3) is 0.316. The van der Waals surface area contributed by atoms with E-state index in [-0.39, 0.29) is 22.6 Å². The first-order valence-corrected chi connectivity index (χ1v) is 10.3. The Morgan fingerprint density at radius 2 is 2.08 bits per heavy atom. The molecule has 0 spiro atoms. The predicted octanol–water partition coefficient (Wildman–Crippen LogP) is 2.94. The summed E-state index contributed by atoms with van der Waals surface area (Å²) < 4.78 is 2.17. The van der Waals surface area contributed by atoms with Crippen molar-refractivity contribution in [2.45, 2.75) is 23.4 Å². The molecule has 1 aromatic carbocycles. The third-order valence-electron chi connectivity index (χ3n) is 4.84. The van der Waals surface area contributed by atoms with Crippen LogP contribution in [0.1, 0.15) is 18.4 Å². The molecule has 1 N–H and O–H groups in total. The van der Waals surface area contributed by atoms with Crippen LogP contribution in [-0.4, -0.2) is 27.8 Å². The van der Waals surface area contributed by atoms with Gasteiger partial charge in [0, 0.05) is 19.0 Å². The minimum atomic E-state index is -0.0612. The van der Waals surface area contributed by atoms with Crippen molar-refractivity contribution in [3.63, 3.8) is 0 Å². The van der Waals surface area contributed by atoms with E-state index < -0.39 is 0 Å². The Morgan fingerprint density at radius 1 is 1.31 bits per heavy atom. The molecule has 0 unspecified atom stereocenters. The third-order valence-corrected chi connectivity index (χ3v) is 6.76. The van der Waals surface area contributed by atoms with Crippen LogP contribution in [0.15, 0.2) is 51.7 Å². The van der Waals surface area contributed by atoms with Crippen LogP contribution in [0.25, 0.3) is 10.2 Å². The molecule has 2 heterocycles. The number of hydrogen-bond acceptors (Lipinski definition) is 5. The molecule has 1 fully saturated rings. The van der Waals surface area contributed by atoms with E-state index in [0.717, 1.165) is 12.8 Å². The van der Waals surface area contributed by atoms with Gasteiger partial charge in [-0.25, -0.2) is 4.98 Å². The quantitative estimate of drug-likeness (QED) is 0.523. The number of nitrogens with one attached hydrogen (secondary N) is 1. The second-order valence-electron chi connectivity index (χ2n) is 6.61. The molecule has 1 aliphatic rings. The van der Waals surface area contributed by atoms with Crippen LogP contribution >= 0.6 is 23.1 Å². The molecule has 0 aliphatic heterocycles. The number of aromatic nitrogens is 2. The molecule has 0 atom stereocenters. The maximum atomic E-state index is 12.3. The minimum Gasteiger partial charge on any atom is -0.354 e. The molecule has 134 valence electrons. The summed E-state index contributed by atoms with van der Waals surface area (Å²) in [5.74, 6) is 0.220. The number of rotatable bonds is 6. The lowest BCUT2D eigenvalue weighted by Crippen LogP contribution is -2.33. The normalized spacial score (nSPS) is 15.1. The highest BCUT2D eigenvalue weighted by atomic mass is 32.2. The van der Waals surface area contributed by atoms with Gasteiger partial charge in [0.2, 0.25) is 5.91 Å². The Labute approximate surface area is 159 Å². The first-order chi connectivity index (χ1) is 12.6. The second-order valence-corrected chi connectivity index (χ2v) is 8.46. The molecule has 1 amide bonds. The lowest BCUT2D eigenvalue weighted by Gasteiger charge is -2.16.